The van der Waals surface area contributed by atoms with Crippen molar-refractivity contribution in [1.82, 2.24) is 15.5 Å². The number of hydrogen-bond acceptors (Lipinski definition) is 7. The van der Waals surface area contributed by atoms with Crippen LogP contribution in [0.4, 0.5) is 4.79 Å². The third-order valence-electron chi connectivity index (χ3n) is 2.59. The SMILES string of the molecule is O=C1NN([O-])C=CN1[C@H]1O[C@@H](CO)[C@@H](O)[C@H]1O. The Morgan fingerprint density at radius 1 is 1.41 bits per heavy atom. The molecule has 0 spiro atoms. The molecular formula is C8H12N3O6-. The van der Waals surface area contributed by atoms with E-state index in [1.165, 1.54) is 0 Å². The summed E-state index contributed by atoms with van der Waals surface area (Å²) in [7, 11) is 0. The summed E-state index contributed by atoms with van der Waals surface area (Å²) in [5.41, 5.74) is 1.92. The number of aliphatic hydroxyl groups is 3. The van der Waals surface area contributed by atoms with Gasteiger partial charge in [-0.1, -0.05) is 0 Å². The summed E-state index contributed by atoms with van der Waals surface area (Å²) >= 11 is 0. The summed E-state index contributed by atoms with van der Waals surface area (Å²) in [6.07, 6.45) is -2.65. The lowest BCUT2D eigenvalue weighted by Crippen LogP contribution is -2.53. The summed E-state index contributed by atoms with van der Waals surface area (Å²) in [6.45, 7) is -0.485. The van der Waals surface area contributed by atoms with Gasteiger partial charge in [-0.25, -0.2) is 4.79 Å². The maximum Gasteiger partial charge on any atom is 0.341 e. The molecule has 2 aliphatic heterocycles. The number of urea groups is 1. The highest BCUT2D eigenvalue weighted by molar-refractivity contribution is 5.76. The summed E-state index contributed by atoms with van der Waals surface area (Å²) in [5.74, 6) is 0. The molecule has 4 atom stereocenters. The van der Waals surface area contributed by atoms with Crippen LogP contribution in [-0.2, 0) is 4.74 Å². The first-order valence-corrected chi connectivity index (χ1v) is 4.90. The topological polar surface area (TPSA) is 129 Å². The minimum Gasteiger partial charge on any atom is -0.739 e. The number of nitrogens with zero attached hydrogens (tertiary/aromatic N) is 2. The third-order valence-corrected chi connectivity index (χ3v) is 2.59. The molecule has 0 saturated carbocycles. The minimum absolute atomic E-state index is 0.195. The van der Waals surface area contributed by atoms with Crippen molar-refractivity contribution < 1.29 is 24.9 Å². The van der Waals surface area contributed by atoms with Gasteiger partial charge in [0.25, 0.3) is 0 Å². The van der Waals surface area contributed by atoms with Crippen LogP contribution in [-0.4, -0.2) is 62.6 Å². The summed E-state index contributed by atoms with van der Waals surface area (Å²) in [6, 6.07) is -0.794. The van der Waals surface area contributed by atoms with E-state index in [0.29, 0.717) is 0 Å². The highest BCUT2D eigenvalue weighted by atomic mass is 16.6. The molecule has 2 heterocycles. The summed E-state index contributed by atoms with van der Waals surface area (Å²) < 4.78 is 5.12. The van der Waals surface area contributed by atoms with E-state index in [1.807, 2.05) is 5.43 Å². The first kappa shape index (κ1) is 12.1. The standard InChI is InChI=1S/C8H12N3O6/c12-3-4-5(13)6(14)7(17-4)10-1-2-11(16)9-8(10)15/h1-2,4-7,12-14H,3H2,(H,9,15)/q-1/t4-,5+,6+,7-/m0/s1. The molecule has 2 amide bonds. The van der Waals surface area contributed by atoms with Crippen molar-refractivity contribution in [2.24, 2.45) is 0 Å². The summed E-state index contributed by atoms with van der Waals surface area (Å²) in [4.78, 5) is 12.4. The second-order valence-corrected chi connectivity index (χ2v) is 3.68. The van der Waals surface area contributed by atoms with Crippen molar-refractivity contribution in [3.63, 3.8) is 0 Å². The Hall–Kier alpha value is -1.39. The average molecular weight is 246 g/mol. The van der Waals surface area contributed by atoms with E-state index in [1.54, 1.807) is 0 Å². The van der Waals surface area contributed by atoms with Crippen molar-refractivity contribution in [3.05, 3.63) is 17.6 Å². The summed E-state index contributed by atoms with van der Waals surface area (Å²) in [5, 5.41) is 39.0. The quantitative estimate of drug-likeness (QED) is 0.429. The van der Waals surface area contributed by atoms with E-state index in [0.717, 1.165) is 17.3 Å². The van der Waals surface area contributed by atoms with Gasteiger partial charge in [0.15, 0.2) is 6.23 Å². The smallest absolute Gasteiger partial charge is 0.341 e. The van der Waals surface area contributed by atoms with Crippen LogP contribution in [0.2, 0.25) is 0 Å². The van der Waals surface area contributed by atoms with Gasteiger partial charge < -0.3 is 30.4 Å². The van der Waals surface area contributed by atoms with Crippen LogP contribution >= 0.6 is 0 Å². The highest BCUT2D eigenvalue weighted by Gasteiger charge is 2.46. The number of ether oxygens (including phenoxy) is 1. The number of nitrogens with one attached hydrogen (secondary N) is 1. The molecule has 2 aliphatic rings. The van der Waals surface area contributed by atoms with Crippen LogP contribution in [0, 0.1) is 5.21 Å². The Labute approximate surface area is 96.0 Å². The molecule has 17 heavy (non-hydrogen) atoms. The average Bonchev–Trinajstić information content (AvgIpc) is 2.57. The van der Waals surface area contributed by atoms with E-state index in [4.69, 9.17) is 9.84 Å². The maximum absolute atomic E-state index is 11.4. The number of carbonyl (C=O) groups excluding carboxylic acids is 1. The zero-order valence-electron chi connectivity index (χ0n) is 8.63. The molecule has 9 heteroatoms. The molecular weight excluding hydrogens is 234 g/mol. The van der Waals surface area contributed by atoms with Crippen LogP contribution in [0.25, 0.3) is 0 Å². The van der Waals surface area contributed by atoms with Gasteiger partial charge in [0.05, 0.1) is 6.61 Å². The van der Waals surface area contributed by atoms with E-state index in [9.17, 15) is 20.2 Å². The molecule has 9 nitrogen and oxygen atoms in total. The van der Waals surface area contributed by atoms with E-state index in [-0.39, 0.29) is 5.17 Å². The van der Waals surface area contributed by atoms with Crippen molar-refractivity contribution in [2.75, 3.05) is 6.61 Å². The number of aliphatic hydroxyl groups excluding tert-OH is 3. The van der Waals surface area contributed by atoms with Gasteiger partial charge in [-0.05, 0) is 0 Å². The van der Waals surface area contributed by atoms with Crippen molar-refractivity contribution in [1.29, 1.82) is 0 Å². The molecule has 0 unspecified atom stereocenters. The minimum atomic E-state index is -1.36. The Balaban J connectivity index is 2.13. The second-order valence-electron chi connectivity index (χ2n) is 3.68. The molecule has 96 valence electrons. The Morgan fingerprint density at radius 3 is 2.65 bits per heavy atom. The Bertz CT molecular complexity index is 337. The van der Waals surface area contributed by atoms with Crippen LogP contribution in [0.3, 0.4) is 0 Å². The predicted octanol–water partition coefficient (Wildman–Crippen LogP) is -2.36. The fraction of sp³-hybridized carbons (Fsp3) is 0.625. The lowest BCUT2D eigenvalue weighted by Gasteiger charge is -2.37. The fourth-order valence-electron chi connectivity index (χ4n) is 1.70. The first-order chi connectivity index (χ1) is 8.04. The number of carbonyl (C=O) groups is 1. The molecule has 0 aromatic carbocycles. The Kier molecular flexibility index (Phi) is 3.17. The second kappa shape index (κ2) is 4.47. The van der Waals surface area contributed by atoms with E-state index < -0.39 is 37.2 Å². The molecule has 0 bridgehead atoms. The fourth-order valence-corrected chi connectivity index (χ4v) is 1.70. The monoisotopic (exact) mass is 246 g/mol. The third kappa shape index (κ3) is 2.06. The van der Waals surface area contributed by atoms with Gasteiger partial charge in [-0.3, -0.25) is 10.3 Å². The molecule has 2 rings (SSSR count). The maximum atomic E-state index is 11.4. The van der Waals surface area contributed by atoms with E-state index >= 15 is 0 Å². The Morgan fingerprint density at radius 2 is 2.12 bits per heavy atom. The van der Waals surface area contributed by atoms with Gasteiger partial charge >= 0.3 is 6.03 Å². The predicted molar refractivity (Wildman–Crippen MR) is 52.5 cm³/mol. The molecule has 1 fully saturated rings. The van der Waals surface area contributed by atoms with Crippen LogP contribution in [0.5, 0.6) is 0 Å². The van der Waals surface area contributed by atoms with Crippen molar-refractivity contribution in [3.8, 4) is 0 Å². The van der Waals surface area contributed by atoms with Gasteiger partial charge in [-0.2, -0.15) is 0 Å². The number of hydrogen-bond donors (Lipinski definition) is 4. The molecule has 0 aromatic rings. The molecule has 0 radical (unpaired) electrons. The molecule has 1 saturated heterocycles. The number of rotatable bonds is 2. The molecule has 4 N–H and O–H groups in total. The van der Waals surface area contributed by atoms with Crippen LogP contribution in [0.15, 0.2) is 12.4 Å². The highest BCUT2D eigenvalue weighted by Crippen LogP contribution is 2.25. The molecule has 0 aromatic heterocycles. The van der Waals surface area contributed by atoms with Gasteiger partial charge in [0.2, 0.25) is 0 Å². The van der Waals surface area contributed by atoms with Crippen molar-refractivity contribution >= 4 is 6.03 Å². The number of hydrazine groups is 1. The van der Waals surface area contributed by atoms with Crippen molar-refractivity contribution in [2.45, 2.75) is 24.5 Å². The van der Waals surface area contributed by atoms with Crippen LogP contribution in [0.1, 0.15) is 0 Å². The van der Waals surface area contributed by atoms with Gasteiger partial charge in [0.1, 0.15) is 18.3 Å². The van der Waals surface area contributed by atoms with Crippen LogP contribution < -0.4 is 5.43 Å². The van der Waals surface area contributed by atoms with Gasteiger partial charge in [0, 0.05) is 12.4 Å². The molecule has 0 aliphatic carbocycles. The number of amides is 2. The lowest BCUT2D eigenvalue weighted by molar-refractivity contribution is -0.0680. The largest absolute Gasteiger partial charge is 0.739 e. The van der Waals surface area contributed by atoms with Gasteiger partial charge in [-0.15, -0.1) is 0 Å². The lowest BCUT2D eigenvalue weighted by atomic mass is 10.1. The first-order valence-electron chi connectivity index (χ1n) is 4.90. The van der Waals surface area contributed by atoms with E-state index in [2.05, 4.69) is 0 Å². The normalized spacial score (nSPS) is 37.5. The zero-order chi connectivity index (χ0) is 12.6. The number of hydroxylamine groups is 1. The zero-order valence-corrected chi connectivity index (χ0v) is 8.63.